The molecule has 0 saturated heterocycles. The number of ether oxygens (including phenoxy) is 1. The molecule has 0 fully saturated rings. The van der Waals surface area contributed by atoms with Gasteiger partial charge >= 0.3 is 5.97 Å². The molecule has 0 aromatic heterocycles. The highest BCUT2D eigenvalue weighted by Gasteiger charge is 2.21. The van der Waals surface area contributed by atoms with Crippen LogP contribution in [0.5, 0.6) is 0 Å². The van der Waals surface area contributed by atoms with Crippen LogP contribution in [0.15, 0.2) is 77.7 Å². The van der Waals surface area contributed by atoms with Gasteiger partial charge in [-0.15, -0.1) is 0 Å². The van der Waals surface area contributed by atoms with Crippen LogP contribution in [0, 0.1) is 5.82 Å². The van der Waals surface area contributed by atoms with Gasteiger partial charge in [-0.25, -0.2) is 17.6 Å². The zero-order chi connectivity index (χ0) is 23.8. The smallest absolute Gasteiger partial charge is 0.337 e. The molecule has 0 unspecified atom stereocenters. The zero-order valence-corrected chi connectivity index (χ0v) is 19.4. The molecule has 0 atom stereocenters. The van der Waals surface area contributed by atoms with Crippen molar-refractivity contribution < 1.29 is 22.3 Å². The fraction of sp³-hybridized carbons (Fsp3) is 0.0417. The van der Waals surface area contributed by atoms with Crippen molar-refractivity contribution in [2.75, 3.05) is 11.8 Å². The maximum absolute atomic E-state index is 14.7. The van der Waals surface area contributed by atoms with Gasteiger partial charge in [0.1, 0.15) is 10.7 Å². The molecular formula is C24H16Cl2FNO4S. The van der Waals surface area contributed by atoms with E-state index in [4.69, 9.17) is 27.9 Å². The Morgan fingerprint density at radius 1 is 0.909 bits per heavy atom. The van der Waals surface area contributed by atoms with Crippen LogP contribution >= 0.6 is 23.2 Å². The second-order valence-electron chi connectivity index (χ2n) is 7.05. The lowest BCUT2D eigenvalue weighted by molar-refractivity contribution is 0.0600. The maximum atomic E-state index is 14.7. The largest absolute Gasteiger partial charge is 0.465 e. The van der Waals surface area contributed by atoms with Crippen molar-refractivity contribution >= 4 is 55.7 Å². The second-order valence-corrected chi connectivity index (χ2v) is 9.49. The van der Waals surface area contributed by atoms with E-state index in [0.29, 0.717) is 16.3 Å². The fourth-order valence-electron chi connectivity index (χ4n) is 3.49. The first-order valence-corrected chi connectivity index (χ1v) is 11.8. The first kappa shape index (κ1) is 23.0. The number of methoxy groups -OCH3 is 1. The van der Waals surface area contributed by atoms with Crippen LogP contribution < -0.4 is 4.72 Å². The average Bonchev–Trinajstić information content (AvgIpc) is 2.81. The van der Waals surface area contributed by atoms with Crippen LogP contribution in [0.1, 0.15) is 10.4 Å². The van der Waals surface area contributed by atoms with E-state index in [-0.39, 0.29) is 31.8 Å². The molecular weight excluding hydrogens is 488 g/mol. The first-order chi connectivity index (χ1) is 15.7. The topological polar surface area (TPSA) is 72.5 Å². The summed E-state index contributed by atoms with van der Waals surface area (Å²) in [4.78, 5) is 11.8. The van der Waals surface area contributed by atoms with Gasteiger partial charge in [-0.05, 0) is 47.3 Å². The number of anilines is 1. The molecule has 0 bridgehead atoms. The van der Waals surface area contributed by atoms with Gasteiger partial charge in [-0.1, -0.05) is 59.6 Å². The molecule has 4 aromatic carbocycles. The molecule has 0 aliphatic carbocycles. The lowest BCUT2D eigenvalue weighted by atomic mass is 9.95. The van der Waals surface area contributed by atoms with E-state index in [1.165, 1.54) is 49.6 Å². The Hall–Kier alpha value is -3.13. The van der Waals surface area contributed by atoms with Crippen molar-refractivity contribution in [3.8, 4) is 11.1 Å². The first-order valence-electron chi connectivity index (χ1n) is 9.60. The van der Waals surface area contributed by atoms with Crippen LogP contribution in [0.4, 0.5) is 10.1 Å². The van der Waals surface area contributed by atoms with Crippen LogP contribution in [0.2, 0.25) is 10.0 Å². The quantitative estimate of drug-likeness (QED) is 0.313. The number of esters is 1. The summed E-state index contributed by atoms with van der Waals surface area (Å²) in [5.41, 5.74) is 1.13. The van der Waals surface area contributed by atoms with Crippen LogP contribution in [0.3, 0.4) is 0 Å². The summed E-state index contributed by atoms with van der Waals surface area (Å²) in [5.74, 6) is -1.13. The lowest BCUT2D eigenvalue weighted by Gasteiger charge is -2.15. The van der Waals surface area contributed by atoms with Gasteiger partial charge in [0.2, 0.25) is 0 Å². The molecule has 33 heavy (non-hydrogen) atoms. The molecule has 0 aliphatic rings. The Morgan fingerprint density at radius 3 is 2.36 bits per heavy atom. The van der Waals surface area contributed by atoms with Crippen molar-refractivity contribution in [3.63, 3.8) is 0 Å². The summed E-state index contributed by atoms with van der Waals surface area (Å²) in [7, 11) is -2.82. The number of benzene rings is 4. The summed E-state index contributed by atoms with van der Waals surface area (Å²) in [5, 5.41) is 1.13. The third-order valence-electron chi connectivity index (χ3n) is 5.05. The van der Waals surface area contributed by atoms with E-state index in [2.05, 4.69) is 4.72 Å². The van der Waals surface area contributed by atoms with E-state index in [0.717, 1.165) is 0 Å². The van der Waals surface area contributed by atoms with Crippen molar-refractivity contribution in [2.45, 2.75) is 4.90 Å². The van der Waals surface area contributed by atoms with Gasteiger partial charge in [0, 0.05) is 10.9 Å². The van der Waals surface area contributed by atoms with Crippen molar-refractivity contribution in [2.24, 2.45) is 0 Å². The Morgan fingerprint density at radius 2 is 1.64 bits per heavy atom. The predicted molar refractivity (Wildman–Crippen MR) is 128 cm³/mol. The monoisotopic (exact) mass is 503 g/mol. The number of rotatable bonds is 5. The van der Waals surface area contributed by atoms with Crippen LogP contribution in [-0.2, 0) is 14.8 Å². The Bertz CT molecular complexity index is 1510. The van der Waals surface area contributed by atoms with Gasteiger partial charge in [-0.3, -0.25) is 4.72 Å². The van der Waals surface area contributed by atoms with E-state index in [9.17, 15) is 17.6 Å². The number of sulfonamides is 1. The minimum Gasteiger partial charge on any atom is -0.465 e. The summed E-state index contributed by atoms with van der Waals surface area (Å²) in [6.07, 6.45) is 0. The molecule has 0 spiro atoms. The summed E-state index contributed by atoms with van der Waals surface area (Å²) in [6, 6.07) is 18.3. The highest BCUT2D eigenvalue weighted by molar-refractivity contribution is 7.92. The van der Waals surface area contributed by atoms with Crippen molar-refractivity contribution in [3.05, 3.63) is 94.2 Å². The SMILES string of the molecule is COC(=O)c1ccc(F)c(-c2ccc(NS(=O)(=O)c3cccc(Cl)c3Cl)c3ccccc23)c1. The molecule has 0 aliphatic heterocycles. The normalized spacial score (nSPS) is 11.4. The molecule has 0 radical (unpaired) electrons. The third kappa shape index (κ3) is 4.39. The second kappa shape index (κ2) is 9.02. The number of halogens is 3. The maximum Gasteiger partial charge on any atom is 0.337 e. The number of hydrogen-bond acceptors (Lipinski definition) is 4. The van der Waals surface area contributed by atoms with E-state index in [1.54, 1.807) is 30.3 Å². The number of carbonyl (C=O) groups excluding carboxylic acids is 1. The van der Waals surface area contributed by atoms with E-state index in [1.807, 2.05) is 0 Å². The predicted octanol–water partition coefficient (Wildman–Crippen LogP) is 6.54. The molecule has 1 N–H and O–H groups in total. The number of nitrogens with one attached hydrogen (secondary N) is 1. The van der Waals surface area contributed by atoms with Gasteiger partial charge in [0.25, 0.3) is 10.0 Å². The number of carbonyl (C=O) groups is 1. The van der Waals surface area contributed by atoms with Gasteiger partial charge < -0.3 is 4.74 Å². The molecule has 0 heterocycles. The molecule has 4 aromatic rings. The summed E-state index contributed by atoms with van der Waals surface area (Å²) >= 11 is 12.1. The Labute approximate surface area is 199 Å². The third-order valence-corrected chi connectivity index (χ3v) is 7.39. The summed E-state index contributed by atoms with van der Waals surface area (Å²) in [6.45, 7) is 0. The Kier molecular flexibility index (Phi) is 6.30. The zero-order valence-electron chi connectivity index (χ0n) is 17.1. The van der Waals surface area contributed by atoms with Crippen LogP contribution in [-0.4, -0.2) is 21.5 Å². The fourth-order valence-corrected chi connectivity index (χ4v) is 5.33. The van der Waals surface area contributed by atoms with E-state index >= 15 is 0 Å². The molecule has 168 valence electrons. The highest BCUT2D eigenvalue weighted by atomic mass is 35.5. The van der Waals surface area contributed by atoms with Crippen LogP contribution in [0.25, 0.3) is 21.9 Å². The minimum atomic E-state index is -4.07. The molecule has 5 nitrogen and oxygen atoms in total. The molecule has 0 amide bonds. The van der Waals surface area contributed by atoms with Crippen molar-refractivity contribution in [1.29, 1.82) is 0 Å². The minimum absolute atomic E-state index is 0.0886. The average molecular weight is 504 g/mol. The van der Waals surface area contributed by atoms with E-state index < -0.39 is 21.8 Å². The van der Waals surface area contributed by atoms with Crippen molar-refractivity contribution in [1.82, 2.24) is 0 Å². The Balaban J connectivity index is 1.85. The molecule has 9 heteroatoms. The number of hydrogen-bond donors (Lipinski definition) is 1. The number of fused-ring (bicyclic) bond motifs is 1. The molecule has 0 saturated carbocycles. The lowest BCUT2D eigenvalue weighted by Crippen LogP contribution is -2.14. The summed E-state index contributed by atoms with van der Waals surface area (Å²) < 4.78 is 48.0. The molecule has 4 rings (SSSR count). The van der Waals surface area contributed by atoms with Gasteiger partial charge in [-0.2, -0.15) is 0 Å². The highest BCUT2D eigenvalue weighted by Crippen LogP contribution is 2.37. The standard InChI is InChI=1S/C24H16Cl2FNO4S/c1-32-24(29)14-9-11-20(27)18(13-14)16-10-12-21(17-6-3-2-5-15(16)17)28-33(30,31)22-8-4-7-19(25)23(22)26/h2-13,28H,1H3. The van der Waals surface area contributed by atoms with Gasteiger partial charge in [0.15, 0.2) is 0 Å². The van der Waals surface area contributed by atoms with Gasteiger partial charge in [0.05, 0.1) is 28.4 Å².